The Morgan fingerprint density at radius 1 is 1.27 bits per heavy atom. The molecule has 3 unspecified atom stereocenters. The highest BCUT2D eigenvalue weighted by molar-refractivity contribution is 8.00. The molecule has 2 aromatic heterocycles. The number of nitrogens with one attached hydrogen (secondary N) is 1. The predicted molar refractivity (Wildman–Crippen MR) is 121 cm³/mol. The van der Waals surface area contributed by atoms with Crippen molar-refractivity contribution in [2.24, 2.45) is 0 Å². The van der Waals surface area contributed by atoms with Gasteiger partial charge in [0.05, 0.1) is 28.8 Å². The van der Waals surface area contributed by atoms with Gasteiger partial charge in [-0.2, -0.15) is 0 Å². The molecule has 4 rings (SSSR count). The second-order valence-electron chi connectivity index (χ2n) is 7.43. The van der Waals surface area contributed by atoms with E-state index in [1.807, 2.05) is 61.7 Å². The van der Waals surface area contributed by atoms with Gasteiger partial charge in [-0.05, 0) is 43.7 Å². The van der Waals surface area contributed by atoms with E-state index < -0.39 is 0 Å². The third kappa shape index (κ3) is 4.94. The van der Waals surface area contributed by atoms with Crippen molar-refractivity contribution in [3.8, 4) is 10.7 Å². The maximum absolute atomic E-state index is 12.8. The monoisotopic (exact) mass is 442 g/mol. The van der Waals surface area contributed by atoms with E-state index in [2.05, 4.69) is 20.1 Å². The van der Waals surface area contributed by atoms with Gasteiger partial charge in [0.15, 0.2) is 11.0 Å². The van der Waals surface area contributed by atoms with Crippen molar-refractivity contribution >= 4 is 29.0 Å². The van der Waals surface area contributed by atoms with Crippen LogP contribution in [0.2, 0.25) is 0 Å². The summed E-state index contributed by atoms with van der Waals surface area (Å²) in [4.78, 5) is 13.9. The van der Waals surface area contributed by atoms with Crippen LogP contribution in [0.4, 0.5) is 0 Å². The lowest BCUT2D eigenvalue weighted by Gasteiger charge is -2.18. The van der Waals surface area contributed by atoms with E-state index in [4.69, 9.17) is 4.74 Å². The summed E-state index contributed by atoms with van der Waals surface area (Å²) in [5.41, 5.74) is 1.09. The number of rotatable bonds is 8. The average Bonchev–Trinajstić information content (AvgIpc) is 3.52. The molecule has 30 heavy (non-hydrogen) atoms. The highest BCUT2D eigenvalue weighted by Crippen LogP contribution is 2.31. The van der Waals surface area contributed by atoms with Crippen LogP contribution in [0, 0.1) is 0 Å². The molecule has 0 spiro atoms. The van der Waals surface area contributed by atoms with E-state index in [9.17, 15) is 4.79 Å². The van der Waals surface area contributed by atoms with Gasteiger partial charge in [0.1, 0.15) is 0 Å². The first kappa shape index (κ1) is 21.1. The minimum Gasteiger partial charge on any atom is -0.376 e. The Hall–Kier alpha value is -2.16. The Morgan fingerprint density at radius 2 is 2.10 bits per heavy atom. The van der Waals surface area contributed by atoms with Gasteiger partial charge in [-0.3, -0.25) is 9.36 Å². The molecule has 0 radical (unpaired) electrons. The Kier molecular flexibility index (Phi) is 6.86. The molecule has 1 aliphatic heterocycles. The van der Waals surface area contributed by atoms with Gasteiger partial charge in [0, 0.05) is 6.61 Å². The lowest BCUT2D eigenvalue weighted by Crippen LogP contribution is -2.33. The molecule has 1 fully saturated rings. The van der Waals surface area contributed by atoms with Gasteiger partial charge in [-0.25, -0.2) is 0 Å². The van der Waals surface area contributed by atoms with Crippen LogP contribution in [-0.2, 0) is 16.1 Å². The molecule has 0 saturated carbocycles. The summed E-state index contributed by atoms with van der Waals surface area (Å²) in [6.45, 7) is 5.42. The number of hydrogen-bond acceptors (Lipinski definition) is 6. The van der Waals surface area contributed by atoms with Crippen LogP contribution >= 0.6 is 23.1 Å². The zero-order chi connectivity index (χ0) is 20.9. The molecule has 3 atom stereocenters. The standard InChI is InChI=1S/C22H26N4O2S2/c1-15(17-8-4-3-5-9-17)23-21(27)16(2)30-22-25-24-20(19-11-7-13-29-19)26(22)14-18-10-6-12-28-18/h3-5,7-9,11,13,15-16,18H,6,10,12,14H2,1-2H3,(H,23,27). The second kappa shape index (κ2) is 9.76. The number of benzene rings is 1. The largest absolute Gasteiger partial charge is 0.376 e. The van der Waals surface area contributed by atoms with Crippen molar-refractivity contribution in [2.75, 3.05) is 6.61 Å². The number of thiophene rings is 1. The number of ether oxygens (including phenoxy) is 1. The molecule has 0 bridgehead atoms. The van der Waals surface area contributed by atoms with Gasteiger partial charge in [-0.15, -0.1) is 21.5 Å². The number of aromatic nitrogens is 3. The number of carbonyl (C=O) groups is 1. The lowest BCUT2D eigenvalue weighted by atomic mass is 10.1. The Labute approximate surface area is 185 Å². The fraction of sp³-hybridized carbons (Fsp3) is 0.409. The molecule has 8 heteroatoms. The molecule has 3 heterocycles. The van der Waals surface area contributed by atoms with Crippen molar-refractivity contribution in [1.82, 2.24) is 20.1 Å². The summed E-state index contributed by atoms with van der Waals surface area (Å²) in [5.74, 6) is 0.828. The molecular weight excluding hydrogens is 416 g/mol. The summed E-state index contributed by atoms with van der Waals surface area (Å²) in [6, 6.07) is 14.0. The maximum atomic E-state index is 12.8. The molecule has 3 aromatic rings. The molecular formula is C22H26N4O2S2. The van der Waals surface area contributed by atoms with Crippen LogP contribution in [-0.4, -0.2) is 38.6 Å². The highest BCUT2D eigenvalue weighted by Gasteiger charge is 2.25. The SMILES string of the molecule is CC(Sc1nnc(-c2cccs2)n1CC1CCCO1)C(=O)NC(C)c1ccccc1. The third-order valence-corrected chi connectivity index (χ3v) is 7.12. The van der Waals surface area contributed by atoms with Gasteiger partial charge < -0.3 is 10.1 Å². The van der Waals surface area contributed by atoms with Crippen LogP contribution in [0.5, 0.6) is 0 Å². The molecule has 6 nitrogen and oxygen atoms in total. The second-order valence-corrected chi connectivity index (χ2v) is 9.69. The van der Waals surface area contributed by atoms with Gasteiger partial charge in [0.2, 0.25) is 5.91 Å². The fourth-order valence-corrected chi connectivity index (χ4v) is 5.07. The number of amides is 1. The van der Waals surface area contributed by atoms with E-state index >= 15 is 0 Å². The van der Waals surface area contributed by atoms with Gasteiger partial charge in [0.25, 0.3) is 0 Å². The van der Waals surface area contributed by atoms with Crippen LogP contribution < -0.4 is 5.32 Å². The quantitative estimate of drug-likeness (QED) is 0.519. The number of nitrogens with zero attached hydrogens (tertiary/aromatic N) is 3. The van der Waals surface area contributed by atoms with E-state index in [1.165, 1.54) is 11.8 Å². The van der Waals surface area contributed by atoms with E-state index in [1.54, 1.807) is 11.3 Å². The topological polar surface area (TPSA) is 69.0 Å². The van der Waals surface area contributed by atoms with Gasteiger partial charge in [-0.1, -0.05) is 48.2 Å². The van der Waals surface area contributed by atoms with Crippen molar-refractivity contribution in [3.05, 3.63) is 53.4 Å². The Balaban J connectivity index is 1.48. The minimum absolute atomic E-state index is 0.0132. The van der Waals surface area contributed by atoms with Crippen molar-refractivity contribution in [2.45, 2.75) is 55.8 Å². The zero-order valence-electron chi connectivity index (χ0n) is 17.2. The lowest BCUT2D eigenvalue weighted by molar-refractivity contribution is -0.120. The van der Waals surface area contributed by atoms with E-state index in [0.29, 0.717) is 6.54 Å². The zero-order valence-corrected chi connectivity index (χ0v) is 18.8. The van der Waals surface area contributed by atoms with Crippen LogP contribution in [0.3, 0.4) is 0 Å². The summed E-state index contributed by atoms with van der Waals surface area (Å²) in [6.07, 6.45) is 2.29. The summed E-state index contributed by atoms with van der Waals surface area (Å²) >= 11 is 3.08. The van der Waals surface area contributed by atoms with Crippen molar-refractivity contribution < 1.29 is 9.53 Å². The molecule has 1 amide bonds. The Bertz CT molecular complexity index is 953. The highest BCUT2D eigenvalue weighted by atomic mass is 32.2. The first-order valence-electron chi connectivity index (χ1n) is 10.2. The van der Waals surface area contributed by atoms with E-state index in [-0.39, 0.29) is 23.3 Å². The fourth-order valence-electron chi connectivity index (χ4n) is 3.49. The number of hydrogen-bond donors (Lipinski definition) is 1. The van der Waals surface area contributed by atoms with Crippen LogP contribution in [0.15, 0.2) is 53.0 Å². The normalized spacial score (nSPS) is 18.3. The minimum atomic E-state index is -0.292. The number of thioether (sulfide) groups is 1. The van der Waals surface area contributed by atoms with Crippen molar-refractivity contribution in [3.63, 3.8) is 0 Å². The predicted octanol–water partition coefficient (Wildman–Crippen LogP) is 4.54. The molecule has 158 valence electrons. The van der Waals surface area contributed by atoms with Crippen LogP contribution in [0.25, 0.3) is 10.7 Å². The van der Waals surface area contributed by atoms with Crippen LogP contribution in [0.1, 0.15) is 38.3 Å². The first-order valence-corrected chi connectivity index (χ1v) is 12.0. The smallest absolute Gasteiger partial charge is 0.233 e. The summed E-state index contributed by atoms with van der Waals surface area (Å²) in [7, 11) is 0. The van der Waals surface area contributed by atoms with Crippen molar-refractivity contribution in [1.29, 1.82) is 0 Å². The Morgan fingerprint density at radius 3 is 2.80 bits per heavy atom. The summed E-state index contributed by atoms with van der Waals surface area (Å²) in [5, 5.41) is 14.5. The molecule has 0 aliphatic carbocycles. The average molecular weight is 443 g/mol. The first-order chi connectivity index (χ1) is 14.6. The van der Waals surface area contributed by atoms with E-state index in [0.717, 1.165) is 40.9 Å². The third-order valence-electron chi connectivity index (χ3n) is 5.18. The molecule has 1 N–H and O–H groups in total. The number of carbonyl (C=O) groups excluding carboxylic acids is 1. The maximum Gasteiger partial charge on any atom is 0.233 e. The molecule has 1 saturated heterocycles. The summed E-state index contributed by atoms with van der Waals surface area (Å²) < 4.78 is 7.95. The molecule has 1 aromatic carbocycles. The molecule has 1 aliphatic rings. The van der Waals surface area contributed by atoms with Gasteiger partial charge >= 0.3 is 0 Å².